The molecule has 7 aromatic rings. The van der Waals surface area contributed by atoms with Crippen LogP contribution in [0.5, 0.6) is 0 Å². The van der Waals surface area contributed by atoms with Gasteiger partial charge in [0.15, 0.2) is 0 Å². The second kappa shape index (κ2) is 12.7. The number of carbonyl (C=O) groups excluding carboxylic acids is 1. The van der Waals surface area contributed by atoms with E-state index in [0.29, 0.717) is 5.56 Å². The fourth-order valence-electron chi connectivity index (χ4n) is 7.45. The van der Waals surface area contributed by atoms with Crippen molar-refractivity contribution in [1.82, 2.24) is 0 Å². The second-order valence-electron chi connectivity index (χ2n) is 12.7. The van der Waals surface area contributed by atoms with Gasteiger partial charge in [-0.05, 0) is 98.3 Å². The molecule has 0 saturated carbocycles. The summed E-state index contributed by atoms with van der Waals surface area (Å²) in [5, 5.41) is 2.49. The first-order valence-electron chi connectivity index (χ1n) is 16.6. The van der Waals surface area contributed by atoms with Crippen molar-refractivity contribution < 1.29 is 4.79 Å². The molecule has 0 spiro atoms. The zero-order valence-corrected chi connectivity index (χ0v) is 26.9. The molecule has 2 nitrogen and oxygen atoms in total. The summed E-state index contributed by atoms with van der Waals surface area (Å²) in [6, 6.07) is 55.5. The van der Waals surface area contributed by atoms with Crippen LogP contribution >= 0.6 is 0 Å². The van der Waals surface area contributed by atoms with Crippen molar-refractivity contribution in [2.75, 3.05) is 0 Å². The summed E-state index contributed by atoms with van der Waals surface area (Å²) in [7, 11) is 0. The highest BCUT2D eigenvalue weighted by Gasteiger charge is 2.33. The molecule has 8 rings (SSSR count). The number of benzene rings is 7. The maximum atomic E-state index is 13.0. The van der Waals surface area contributed by atoms with Crippen molar-refractivity contribution in [1.29, 1.82) is 0 Å². The van der Waals surface area contributed by atoms with E-state index in [-0.39, 0.29) is 5.92 Å². The number of hydrogen-bond acceptors (Lipinski definition) is 2. The number of aldehydes is 1. The van der Waals surface area contributed by atoms with Crippen LogP contribution in [0.15, 0.2) is 163 Å². The summed E-state index contributed by atoms with van der Waals surface area (Å²) in [5.74, 6) is -0.151. The summed E-state index contributed by atoms with van der Waals surface area (Å²) in [6.45, 7) is 2.19. The molecule has 0 N–H and O–H groups in total. The van der Waals surface area contributed by atoms with Gasteiger partial charge in [0.05, 0.1) is 17.3 Å². The van der Waals surface area contributed by atoms with Crippen LogP contribution in [0.4, 0.5) is 5.69 Å². The standard InChI is InChI=1S/C46H35NO/c1-31-23-25-34-15-8-10-20-39(34)43(31)40-21-11-9-18-36(40)28-33-24-26-41(38(29-33)30-48)45-44-37(27-32-13-4-2-5-14-32)19-12-22-42(44)47-46(45)35-16-6-3-7-17-35/h2-26,29-30,45H,27-28H2,1H3. The van der Waals surface area contributed by atoms with E-state index >= 15 is 0 Å². The summed E-state index contributed by atoms with van der Waals surface area (Å²) >= 11 is 0. The molecule has 0 bridgehead atoms. The summed E-state index contributed by atoms with van der Waals surface area (Å²) in [6.07, 6.45) is 2.55. The fourth-order valence-corrected chi connectivity index (χ4v) is 7.45. The van der Waals surface area contributed by atoms with Crippen LogP contribution in [0.25, 0.3) is 21.9 Å². The van der Waals surface area contributed by atoms with Gasteiger partial charge in [0.25, 0.3) is 0 Å². The predicted octanol–water partition coefficient (Wildman–Crippen LogP) is 11.1. The Hall–Kier alpha value is -5.86. The normalized spacial score (nSPS) is 13.7. The third kappa shape index (κ3) is 5.46. The Morgan fingerprint density at radius 2 is 1.33 bits per heavy atom. The van der Waals surface area contributed by atoms with E-state index in [4.69, 9.17) is 4.99 Å². The van der Waals surface area contributed by atoms with E-state index in [1.807, 2.05) is 6.07 Å². The molecular weight excluding hydrogens is 583 g/mol. The zero-order valence-electron chi connectivity index (χ0n) is 26.9. The highest BCUT2D eigenvalue weighted by Crippen LogP contribution is 2.45. The number of carbonyl (C=O) groups is 1. The van der Waals surface area contributed by atoms with Crippen LogP contribution < -0.4 is 0 Å². The number of aliphatic imine (C=N–C) groups is 1. The molecule has 0 radical (unpaired) electrons. The van der Waals surface area contributed by atoms with Crippen molar-refractivity contribution in [3.63, 3.8) is 0 Å². The van der Waals surface area contributed by atoms with Crippen LogP contribution in [-0.2, 0) is 12.8 Å². The maximum absolute atomic E-state index is 13.0. The number of rotatable bonds is 8. The Bertz CT molecular complexity index is 2320. The van der Waals surface area contributed by atoms with Gasteiger partial charge in [0.2, 0.25) is 0 Å². The summed E-state index contributed by atoms with van der Waals surface area (Å²) < 4.78 is 0. The quantitative estimate of drug-likeness (QED) is 0.156. The topological polar surface area (TPSA) is 29.4 Å². The molecular formula is C46H35NO. The van der Waals surface area contributed by atoms with Gasteiger partial charge >= 0.3 is 0 Å². The first-order valence-corrected chi connectivity index (χ1v) is 16.6. The molecule has 1 unspecified atom stereocenters. The molecule has 1 atom stereocenters. The molecule has 0 saturated heterocycles. The van der Waals surface area contributed by atoms with Crippen molar-refractivity contribution >= 4 is 28.5 Å². The Balaban J connectivity index is 1.22. The average molecular weight is 618 g/mol. The lowest BCUT2D eigenvalue weighted by Gasteiger charge is -2.21. The summed E-state index contributed by atoms with van der Waals surface area (Å²) in [5.41, 5.74) is 14.5. The largest absolute Gasteiger partial charge is 0.298 e. The highest BCUT2D eigenvalue weighted by atomic mass is 16.1. The van der Waals surface area contributed by atoms with Gasteiger partial charge in [-0.1, -0.05) is 146 Å². The first-order chi connectivity index (χ1) is 23.7. The lowest BCUT2D eigenvalue weighted by atomic mass is 9.80. The van der Waals surface area contributed by atoms with E-state index in [1.54, 1.807) is 0 Å². The Morgan fingerprint density at radius 3 is 2.17 bits per heavy atom. The Labute approximate surface area is 282 Å². The molecule has 1 aliphatic rings. The molecule has 0 fully saturated rings. The van der Waals surface area contributed by atoms with Gasteiger partial charge in [0.1, 0.15) is 6.29 Å². The maximum Gasteiger partial charge on any atom is 0.150 e. The van der Waals surface area contributed by atoms with Crippen molar-refractivity contribution in [2.24, 2.45) is 4.99 Å². The average Bonchev–Trinajstić information content (AvgIpc) is 3.53. The molecule has 1 heterocycles. The van der Waals surface area contributed by atoms with E-state index in [1.165, 1.54) is 49.7 Å². The minimum atomic E-state index is -0.151. The zero-order chi connectivity index (χ0) is 32.5. The van der Waals surface area contributed by atoms with Gasteiger partial charge in [-0.2, -0.15) is 0 Å². The van der Waals surface area contributed by atoms with Gasteiger partial charge in [-0.3, -0.25) is 9.79 Å². The Kier molecular flexibility index (Phi) is 7.84. The number of fused-ring (bicyclic) bond motifs is 2. The van der Waals surface area contributed by atoms with E-state index in [9.17, 15) is 4.79 Å². The lowest BCUT2D eigenvalue weighted by Crippen LogP contribution is -2.15. The van der Waals surface area contributed by atoms with Crippen LogP contribution in [0.1, 0.15) is 60.8 Å². The molecule has 0 aromatic heterocycles. The van der Waals surface area contributed by atoms with Gasteiger partial charge in [0, 0.05) is 5.56 Å². The molecule has 0 amide bonds. The minimum absolute atomic E-state index is 0.151. The highest BCUT2D eigenvalue weighted by molar-refractivity contribution is 6.12. The molecule has 48 heavy (non-hydrogen) atoms. The number of nitrogens with zero attached hydrogens (tertiary/aromatic N) is 1. The van der Waals surface area contributed by atoms with Crippen LogP contribution in [0.3, 0.4) is 0 Å². The SMILES string of the molecule is Cc1ccc2ccccc2c1-c1ccccc1Cc1ccc(C2C(c3ccccc3)=Nc3cccc(Cc4ccccc4)c32)c(C=O)c1. The summed E-state index contributed by atoms with van der Waals surface area (Å²) in [4.78, 5) is 18.2. The van der Waals surface area contributed by atoms with Gasteiger partial charge in [-0.15, -0.1) is 0 Å². The second-order valence-corrected chi connectivity index (χ2v) is 12.7. The van der Waals surface area contributed by atoms with Crippen molar-refractivity contribution in [2.45, 2.75) is 25.7 Å². The molecule has 230 valence electrons. The van der Waals surface area contributed by atoms with E-state index < -0.39 is 0 Å². The first kappa shape index (κ1) is 29.5. The Morgan fingerprint density at radius 1 is 0.625 bits per heavy atom. The van der Waals surface area contributed by atoms with Crippen molar-refractivity contribution in [3.05, 3.63) is 208 Å². The molecule has 7 aromatic carbocycles. The van der Waals surface area contributed by atoms with E-state index in [2.05, 4.69) is 159 Å². The van der Waals surface area contributed by atoms with Gasteiger partial charge < -0.3 is 0 Å². The van der Waals surface area contributed by atoms with Crippen LogP contribution in [0, 0.1) is 6.92 Å². The molecule has 2 heteroatoms. The fraction of sp³-hybridized carbons (Fsp3) is 0.0870. The smallest absolute Gasteiger partial charge is 0.150 e. The van der Waals surface area contributed by atoms with Gasteiger partial charge in [-0.25, -0.2) is 0 Å². The monoisotopic (exact) mass is 617 g/mol. The lowest BCUT2D eigenvalue weighted by molar-refractivity contribution is 0.112. The molecule has 0 aliphatic carbocycles. The third-order valence-corrected chi connectivity index (χ3v) is 9.69. The van der Waals surface area contributed by atoms with Crippen LogP contribution in [0.2, 0.25) is 0 Å². The number of aryl methyl sites for hydroxylation is 1. The predicted molar refractivity (Wildman–Crippen MR) is 199 cm³/mol. The van der Waals surface area contributed by atoms with Crippen molar-refractivity contribution in [3.8, 4) is 11.1 Å². The molecule has 1 aliphatic heterocycles. The van der Waals surface area contributed by atoms with Crippen LogP contribution in [-0.4, -0.2) is 12.0 Å². The number of hydrogen-bond donors (Lipinski definition) is 0. The minimum Gasteiger partial charge on any atom is -0.298 e. The third-order valence-electron chi connectivity index (χ3n) is 9.69. The van der Waals surface area contributed by atoms with E-state index in [0.717, 1.165) is 47.2 Å².